The predicted octanol–water partition coefficient (Wildman–Crippen LogP) is 3.43. The first-order valence-electron chi connectivity index (χ1n) is 6.83. The Morgan fingerprint density at radius 3 is 2.50 bits per heavy atom. The highest BCUT2D eigenvalue weighted by molar-refractivity contribution is 5.40. The molecule has 3 nitrogen and oxygen atoms in total. The van der Waals surface area contributed by atoms with Gasteiger partial charge in [0, 0.05) is 12.3 Å². The van der Waals surface area contributed by atoms with Crippen LogP contribution in [-0.2, 0) is 17.8 Å². The zero-order valence-electron chi connectivity index (χ0n) is 11.8. The molecular formula is C17H21NO2. The summed E-state index contributed by atoms with van der Waals surface area (Å²) in [5.41, 5.74) is 8.99. The minimum atomic E-state index is 0.640. The molecule has 2 rings (SSSR count). The van der Waals surface area contributed by atoms with Crippen LogP contribution in [0.15, 0.2) is 48.5 Å². The SMILES string of the molecule is COc1ccc(COCCCc2cccc(N)c2)cc1. The molecule has 3 heteroatoms. The summed E-state index contributed by atoms with van der Waals surface area (Å²) < 4.78 is 10.8. The molecule has 0 fully saturated rings. The molecule has 0 heterocycles. The molecule has 0 aliphatic carbocycles. The molecule has 0 atom stereocenters. The monoisotopic (exact) mass is 271 g/mol. The van der Waals surface area contributed by atoms with E-state index in [4.69, 9.17) is 15.2 Å². The first kappa shape index (κ1) is 14.4. The van der Waals surface area contributed by atoms with Gasteiger partial charge in [-0.1, -0.05) is 24.3 Å². The van der Waals surface area contributed by atoms with Crippen LogP contribution in [0.5, 0.6) is 5.75 Å². The van der Waals surface area contributed by atoms with E-state index >= 15 is 0 Å². The Balaban J connectivity index is 1.66. The second kappa shape index (κ2) is 7.56. The third-order valence-electron chi connectivity index (χ3n) is 3.13. The number of rotatable bonds is 7. The molecule has 0 saturated carbocycles. The molecule has 2 aromatic rings. The van der Waals surface area contributed by atoms with E-state index in [2.05, 4.69) is 6.07 Å². The van der Waals surface area contributed by atoms with E-state index in [1.165, 1.54) is 5.56 Å². The van der Waals surface area contributed by atoms with Crippen LogP contribution in [0.1, 0.15) is 17.5 Å². The van der Waals surface area contributed by atoms with Crippen LogP contribution in [0, 0.1) is 0 Å². The maximum Gasteiger partial charge on any atom is 0.118 e. The summed E-state index contributed by atoms with van der Waals surface area (Å²) in [4.78, 5) is 0. The molecule has 0 radical (unpaired) electrons. The first-order valence-corrected chi connectivity index (χ1v) is 6.83. The van der Waals surface area contributed by atoms with E-state index < -0.39 is 0 Å². The zero-order chi connectivity index (χ0) is 14.2. The summed E-state index contributed by atoms with van der Waals surface area (Å²) in [6, 6.07) is 16.0. The standard InChI is InChI=1S/C17H21NO2/c1-19-17-9-7-15(8-10-17)13-20-11-3-5-14-4-2-6-16(18)12-14/h2,4,6-10,12H,3,5,11,13,18H2,1H3. The minimum Gasteiger partial charge on any atom is -0.497 e. The predicted molar refractivity (Wildman–Crippen MR) is 81.8 cm³/mol. The van der Waals surface area contributed by atoms with Gasteiger partial charge in [0.15, 0.2) is 0 Å². The summed E-state index contributed by atoms with van der Waals surface area (Å²) in [5, 5.41) is 0. The van der Waals surface area contributed by atoms with Crippen LogP contribution in [-0.4, -0.2) is 13.7 Å². The third-order valence-corrected chi connectivity index (χ3v) is 3.13. The van der Waals surface area contributed by atoms with E-state index in [1.807, 2.05) is 42.5 Å². The van der Waals surface area contributed by atoms with Crippen molar-refractivity contribution < 1.29 is 9.47 Å². The smallest absolute Gasteiger partial charge is 0.118 e. The summed E-state index contributed by atoms with van der Waals surface area (Å²) >= 11 is 0. The van der Waals surface area contributed by atoms with Crippen LogP contribution in [0.2, 0.25) is 0 Å². The lowest BCUT2D eigenvalue weighted by molar-refractivity contribution is 0.118. The lowest BCUT2D eigenvalue weighted by atomic mass is 10.1. The number of nitrogens with two attached hydrogens (primary N) is 1. The van der Waals surface area contributed by atoms with Crippen LogP contribution in [0.3, 0.4) is 0 Å². The Labute approximate surface area is 120 Å². The number of hydrogen-bond acceptors (Lipinski definition) is 3. The van der Waals surface area contributed by atoms with E-state index in [1.54, 1.807) is 7.11 Å². The summed E-state index contributed by atoms with van der Waals surface area (Å²) in [5.74, 6) is 0.871. The Morgan fingerprint density at radius 1 is 1.00 bits per heavy atom. The molecule has 106 valence electrons. The molecule has 20 heavy (non-hydrogen) atoms. The largest absolute Gasteiger partial charge is 0.497 e. The van der Waals surface area contributed by atoms with Gasteiger partial charge in [0.05, 0.1) is 13.7 Å². The van der Waals surface area contributed by atoms with Gasteiger partial charge >= 0.3 is 0 Å². The van der Waals surface area contributed by atoms with Gasteiger partial charge in [-0.15, -0.1) is 0 Å². The second-order valence-corrected chi connectivity index (χ2v) is 4.75. The highest BCUT2D eigenvalue weighted by atomic mass is 16.5. The molecule has 0 aliphatic heterocycles. The van der Waals surface area contributed by atoms with E-state index in [0.29, 0.717) is 6.61 Å². The Bertz CT molecular complexity index is 523. The Morgan fingerprint density at radius 2 is 1.80 bits per heavy atom. The van der Waals surface area contributed by atoms with Crippen molar-refractivity contribution in [3.05, 3.63) is 59.7 Å². The molecule has 0 spiro atoms. The van der Waals surface area contributed by atoms with Gasteiger partial charge < -0.3 is 15.2 Å². The Hall–Kier alpha value is -2.00. The van der Waals surface area contributed by atoms with Gasteiger partial charge in [-0.3, -0.25) is 0 Å². The van der Waals surface area contributed by atoms with Crippen molar-refractivity contribution >= 4 is 5.69 Å². The number of aryl methyl sites for hydroxylation is 1. The molecule has 0 aromatic heterocycles. The number of ether oxygens (including phenoxy) is 2. The average Bonchev–Trinajstić information content (AvgIpc) is 2.48. The highest BCUT2D eigenvalue weighted by Gasteiger charge is 1.97. The summed E-state index contributed by atoms with van der Waals surface area (Å²) in [6.07, 6.45) is 1.99. The summed E-state index contributed by atoms with van der Waals surface area (Å²) in [6.45, 7) is 1.39. The van der Waals surface area contributed by atoms with Crippen molar-refractivity contribution in [1.82, 2.24) is 0 Å². The van der Waals surface area contributed by atoms with Crippen molar-refractivity contribution in [2.24, 2.45) is 0 Å². The van der Waals surface area contributed by atoms with Crippen molar-refractivity contribution in [2.45, 2.75) is 19.4 Å². The molecule has 0 saturated heterocycles. The van der Waals surface area contributed by atoms with Crippen LogP contribution < -0.4 is 10.5 Å². The van der Waals surface area contributed by atoms with Crippen molar-refractivity contribution in [3.63, 3.8) is 0 Å². The van der Waals surface area contributed by atoms with Gasteiger partial charge in [-0.05, 0) is 48.2 Å². The van der Waals surface area contributed by atoms with E-state index in [9.17, 15) is 0 Å². The lowest BCUT2D eigenvalue weighted by Crippen LogP contribution is -1.98. The maximum atomic E-state index is 5.75. The fourth-order valence-electron chi connectivity index (χ4n) is 2.04. The minimum absolute atomic E-state index is 0.640. The van der Waals surface area contributed by atoms with Gasteiger partial charge in [-0.2, -0.15) is 0 Å². The van der Waals surface area contributed by atoms with Crippen molar-refractivity contribution in [1.29, 1.82) is 0 Å². The van der Waals surface area contributed by atoms with E-state index in [0.717, 1.165) is 36.4 Å². The topological polar surface area (TPSA) is 44.5 Å². The fourth-order valence-corrected chi connectivity index (χ4v) is 2.04. The quantitative estimate of drug-likeness (QED) is 0.620. The van der Waals surface area contributed by atoms with Crippen molar-refractivity contribution in [3.8, 4) is 5.75 Å². The molecular weight excluding hydrogens is 250 g/mol. The number of anilines is 1. The first-order chi connectivity index (χ1) is 9.78. The molecule has 2 N–H and O–H groups in total. The highest BCUT2D eigenvalue weighted by Crippen LogP contribution is 2.12. The Kier molecular flexibility index (Phi) is 5.44. The van der Waals surface area contributed by atoms with Crippen LogP contribution in [0.25, 0.3) is 0 Å². The lowest BCUT2D eigenvalue weighted by Gasteiger charge is -2.06. The molecule has 0 amide bonds. The number of benzene rings is 2. The molecule has 0 aliphatic rings. The van der Waals surface area contributed by atoms with E-state index in [-0.39, 0.29) is 0 Å². The maximum absolute atomic E-state index is 5.75. The number of nitrogen functional groups attached to an aromatic ring is 1. The molecule has 0 bridgehead atoms. The fraction of sp³-hybridized carbons (Fsp3) is 0.294. The zero-order valence-corrected chi connectivity index (χ0v) is 11.8. The van der Waals surface area contributed by atoms with Gasteiger partial charge in [0.25, 0.3) is 0 Å². The van der Waals surface area contributed by atoms with Crippen LogP contribution in [0.4, 0.5) is 5.69 Å². The van der Waals surface area contributed by atoms with Gasteiger partial charge in [0.2, 0.25) is 0 Å². The molecule has 2 aromatic carbocycles. The van der Waals surface area contributed by atoms with Crippen LogP contribution >= 0.6 is 0 Å². The normalized spacial score (nSPS) is 10.4. The van der Waals surface area contributed by atoms with Gasteiger partial charge in [-0.25, -0.2) is 0 Å². The van der Waals surface area contributed by atoms with Gasteiger partial charge in [0.1, 0.15) is 5.75 Å². The number of methoxy groups -OCH3 is 1. The average molecular weight is 271 g/mol. The summed E-state index contributed by atoms with van der Waals surface area (Å²) in [7, 11) is 1.67. The van der Waals surface area contributed by atoms with Crippen molar-refractivity contribution in [2.75, 3.05) is 19.5 Å². The third kappa shape index (κ3) is 4.59. The molecule has 0 unspecified atom stereocenters. The second-order valence-electron chi connectivity index (χ2n) is 4.75. The number of hydrogen-bond donors (Lipinski definition) is 1.